The third kappa shape index (κ3) is 6.21. The van der Waals surface area contributed by atoms with Gasteiger partial charge in [-0.15, -0.1) is 0 Å². The number of rotatable bonds is 9. The normalized spacial score (nSPS) is 17.1. The Morgan fingerprint density at radius 3 is 2.18 bits per heavy atom. The van der Waals surface area contributed by atoms with E-state index in [2.05, 4.69) is 59.7 Å². The second-order valence-corrected chi connectivity index (χ2v) is 10.5. The Morgan fingerprint density at radius 2 is 1.64 bits per heavy atom. The highest BCUT2D eigenvalue weighted by Crippen LogP contribution is 2.36. The molecule has 0 atom stereocenters. The van der Waals surface area contributed by atoms with Crippen LogP contribution in [0.4, 0.5) is 0 Å². The highest BCUT2D eigenvalue weighted by molar-refractivity contribution is 6.62. The zero-order chi connectivity index (χ0) is 24.4. The van der Waals surface area contributed by atoms with Gasteiger partial charge in [-0.1, -0.05) is 44.2 Å². The molecule has 2 aromatic carbocycles. The van der Waals surface area contributed by atoms with Crippen LogP contribution in [0.15, 0.2) is 42.5 Å². The summed E-state index contributed by atoms with van der Waals surface area (Å²) in [5, 5.41) is 9.77. The Kier molecular flexibility index (Phi) is 8.00. The van der Waals surface area contributed by atoms with E-state index < -0.39 is 7.05 Å². The molecule has 0 spiro atoms. The van der Waals surface area contributed by atoms with Gasteiger partial charge < -0.3 is 23.9 Å². The van der Waals surface area contributed by atoms with Crippen molar-refractivity contribution in [1.82, 2.24) is 4.81 Å². The molecule has 0 aliphatic carbocycles. The van der Waals surface area contributed by atoms with E-state index in [1.165, 1.54) is 11.1 Å². The Balaban J connectivity index is 1.64. The molecule has 0 radical (unpaired) electrons. The maximum atomic E-state index is 9.77. The fraction of sp³-hybridized carbons (Fsp3) is 0.538. The van der Waals surface area contributed by atoms with E-state index in [4.69, 9.17) is 14.0 Å². The van der Waals surface area contributed by atoms with E-state index in [0.717, 1.165) is 29.7 Å². The molecule has 1 heterocycles. The molecule has 0 saturated carbocycles. The minimum atomic E-state index is -0.445. The van der Waals surface area contributed by atoms with Crippen molar-refractivity contribution in [3.05, 3.63) is 59.2 Å². The van der Waals surface area contributed by atoms with Crippen molar-refractivity contribution in [1.29, 1.82) is 0 Å². The summed E-state index contributed by atoms with van der Waals surface area (Å²) in [5.41, 5.74) is 4.10. The lowest BCUT2D eigenvalue weighted by Gasteiger charge is -2.32. The summed E-state index contributed by atoms with van der Waals surface area (Å²) in [7, 11) is 1.13. The number of benzene rings is 2. The molecule has 1 fully saturated rings. The second kappa shape index (κ2) is 10.2. The topological polar surface area (TPSA) is 51.2 Å². The first-order chi connectivity index (χ1) is 15.4. The molecule has 178 valence electrons. The van der Waals surface area contributed by atoms with E-state index in [1.54, 1.807) is 6.82 Å². The van der Waals surface area contributed by atoms with Crippen molar-refractivity contribution in [2.75, 3.05) is 13.6 Å². The first-order valence-corrected chi connectivity index (χ1v) is 12.0. The van der Waals surface area contributed by atoms with E-state index in [1.807, 2.05) is 36.1 Å². The highest BCUT2D eigenvalue weighted by Gasteiger charge is 2.51. The molecular weight excluding hydrogens is 412 g/mol. The predicted octanol–water partition coefficient (Wildman–Crippen LogP) is 4.27. The molecule has 0 amide bonds. The van der Waals surface area contributed by atoms with E-state index in [-0.39, 0.29) is 18.3 Å². The Hall–Kier alpha value is -1.79. The van der Waals surface area contributed by atoms with Crippen molar-refractivity contribution < 1.29 is 19.1 Å². The van der Waals surface area contributed by atoms with Crippen molar-refractivity contribution in [2.24, 2.45) is 0 Å². The largest absolute Gasteiger partial charge is 0.494 e. The molecule has 1 N–H and O–H groups in total. The summed E-state index contributed by atoms with van der Waals surface area (Å²) in [6.45, 7) is 15.8. The zero-order valence-electron chi connectivity index (χ0n) is 21.5. The summed E-state index contributed by atoms with van der Waals surface area (Å²) in [5.74, 6) is 1.27. The van der Waals surface area contributed by atoms with Gasteiger partial charge in [-0.25, -0.2) is 0 Å². The quantitative estimate of drug-likeness (QED) is 0.578. The highest BCUT2D eigenvalue weighted by atomic mass is 16.7. The summed E-state index contributed by atoms with van der Waals surface area (Å²) in [6.07, 6.45) is 0.894. The lowest BCUT2D eigenvalue weighted by Crippen LogP contribution is -2.41. The molecule has 0 unspecified atom stereocenters. The lowest BCUT2D eigenvalue weighted by atomic mass is 9.79. The number of ether oxygens (including phenoxy) is 1. The fourth-order valence-corrected chi connectivity index (χ4v) is 3.88. The van der Waals surface area contributed by atoms with Crippen LogP contribution < -0.4 is 10.2 Å². The van der Waals surface area contributed by atoms with Gasteiger partial charge in [-0.05, 0) is 94.7 Å². The van der Waals surface area contributed by atoms with Crippen molar-refractivity contribution in [3.8, 4) is 5.75 Å². The van der Waals surface area contributed by atoms with Crippen molar-refractivity contribution in [2.45, 2.75) is 78.5 Å². The summed E-state index contributed by atoms with van der Waals surface area (Å²) >= 11 is 0. The number of hydrogen-bond donors (Lipinski definition) is 1. The summed E-state index contributed by atoms with van der Waals surface area (Å²) < 4.78 is 18.3. The monoisotopic (exact) mass is 451 g/mol. The van der Waals surface area contributed by atoms with Crippen LogP contribution in [0.2, 0.25) is 6.82 Å². The van der Waals surface area contributed by atoms with Crippen LogP contribution in [-0.4, -0.2) is 48.8 Å². The number of likely N-dealkylation sites (N-methyl/N-ethyl adjacent to an activating group) is 1. The molecule has 1 aliphatic rings. The molecule has 5 nitrogen and oxygen atoms in total. The van der Waals surface area contributed by atoms with Gasteiger partial charge in [0.2, 0.25) is 0 Å². The minimum absolute atomic E-state index is 0.350. The standard InChI is InChI=1S/C26H39B2NO4/c1-19(2)24-14-9-20(17-21(24)15-16-29(8)27(7)30)18-31-23-12-10-22(11-13-23)28-32-25(3,4)26(5,6)33-28/h9-14,17,19,30H,15-16,18H2,1-8H3. The molecular formula is C26H39B2NO4. The van der Waals surface area contributed by atoms with Crippen LogP contribution >= 0.6 is 0 Å². The molecule has 33 heavy (non-hydrogen) atoms. The van der Waals surface area contributed by atoms with Gasteiger partial charge in [0.25, 0.3) is 0 Å². The molecule has 1 saturated heterocycles. The molecule has 7 heteroatoms. The van der Waals surface area contributed by atoms with Gasteiger partial charge >= 0.3 is 14.2 Å². The van der Waals surface area contributed by atoms with Gasteiger partial charge in [-0.3, -0.25) is 0 Å². The van der Waals surface area contributed by atoms with Crippen LogP contribution in [0, 0.1) is 0 Å². The Morgan fingerprint density at radius 1 is 1.03 bits per heavy atom. The van der Waals surface area contributed by atoms with E-state index in [0.29, 0.717) is 12.5 Å². The lowest BCUT2D eigenvalue weighted by molar-refractivity contribution is 0.00578. The summed E-state index contributed by atoms with van der Waals surface area (Å²) in [4.78, 5) is 1.95. The van der Waals surface area contributed by atoms with Crippen LogP contribution in [0.1, 0.15) is 64.2 Å². The molecule has 3 rings (SSSR count). The van der Waals surface area contributed by atoms with Crippen LogP contribution in [-0.2, 0) is 22.3 Å². The van der Waals surface area contributed by atoms with E-state index >= 15 is 0 Å². The second-order valence-electron chi connectivity index (χ2n) is 10.5. The van der Waals surface area contributed by atoms with Gasteiger partial charge in [0.1, 0.15) is 12.4 Å². The van der Waals surface area contributed by atoms with Gasteiger partial charge in [0, 0.05) is 0 Å². The first-order valence-electron chi connectivity index (χ1n) is 12.0. The first kappa shape index (κ1) is 25.8. The molecule has 0 bridgehead atoms. The SMILES string of the molecule is CB(O)N(C)CCc1cc(COc2ccc(B3OC(C)(C)C(C)(C)O3)cc2)ccc1C(C)C. The third-order valence-corrected chi connectivity index (χ3v) is 7.01. The van der Waals surface area contributed by atoms with Gasteiger partial charge in [0.05, 0.1) is 11.2 Å². The van der Waals surface area contributed by atoms with Crippen LogP contribution in [0.3, 0.4) is 0 Å². The minimum Gasteiger partial charge on any atom is -0.489 e. The predicted molar refractivity (Wildman–Crippen MR) is 137 cm³/mol. The average molecular weight is 451 g/mol. The van der Waals surface area contributed by atoms with Crippen LogP contribution in [0.5, 0.6) is 5.75 Å². The van der Waals surface area contributed by atoms with Crippen LogP contribution in [0.25, 0.3) is 0 Å². The fourth-order valence-electron chi connectivity index (χ4n) is 3.88. The van der Waals surface area contributed by atoms with Crippen molar-refractivity contribution in [3.63, 3.8) is 0 Å². The average Bonchev–Trinajstić information content (AvgIpc) is 2.97. The summed E-state index contributed by atoms with van der Waals surface area (Å²) in [6, 6.07) is 14.6. The Bertz CT molecular complexity index is 912. The Labute approximate surface area is 200 Å². The third-order valence-electron chi connectivity index (χ3n) is 7.01. The molecule has 2 aromatic rings. The smallest absolute Gasteiger partial charge is 0.489 e. The number of nitrogens with zero attached hydrogens (tertiary/aromatic N) is 1. The molecule has 1 aliphatic heterocycles. The van der Waals surface area contributed by atoms with Crippen molar-refractivity contribution >= 4 is 19.6 Å². The van der Waals surface area contributed by atoms with Gasteiger partial charge in [-0.2, -0.15) is 0 Å². The van der Waals surface area contributed by atoms with Gasteiger partial charge in [0.15, 0.2) is 0 Å². The number of hydrogen-bond acceptors (Lipinski definition) is 5. The molecule has 0 aromatic heterocycles. The zero-order valence-corrected chi connectivity index (χ0v) is 21.5. The van der Waals surface area contributed by atoms with E-state index in [9.17, 15) is 5.02 Å². The maximum Gasteiger partial charge on any atom is 0.494 e. The maximum absolute atomic E-state index is 9.77.